The van der Waals surface area contributed by atoms with Crippen molar-refractivity contribution in [3.63, 3.8) is 0 Å². The van der Waals surface area contributed by atoms with Crippen molar-refractivity contribution in [1.29, 1.82) is 0 Å². The molecule has 4 heteroatoms. The maximum atomic E-state index is 13.3. The van der Waals surface area contributed by atoms with Crippen molar-refractivity contribution in [3.8, 4) is 0 Å². The minimum atomic E-state index is -0.679. The number of hydrogen-bond donors (Lipinski definition) is 0. The second-order valence-electron chi connectivity index (χ2n) is 4.00. The Balaban J connectivity index is 1.95. The maximum absolute atomic E-state index is 13.3. The summed E-state index contributed by atoms with van der Waals surface area (Å²) in [7, 11) is 0. The number of benzene rings is 1. The Bertz CT molecular complexity index is 512. The number of carbonyl (C=O) groups excluding carboxylic acids is 1. The van der Waals surface area contributed by atoms with Crippen LogP contribution in [0.3, 0.4) is 0 Å². The number of furan rings is 1. The van der Waals surface area contributed by atoms with E-state index in [0.29, 0.717) is 12.2 Å². The Morgan fingerprint density at radius 3 is 2.44 bits per heavy atom. The number of ketones is 1. The molecule has 2 aromatic rings. The first-order chi connectivity index (χ1) is 8.66. The molecule has 0 bridgehead atoms. The normalized spacial score (nSPS) is 10.6. The first-order valence-corrected chi connectivity index (χ1v) is 5.64. The lowest BCUT2D eigenvalue weighted by molar-refractivity contribution is -0.118. The predicted molar refractivity (Wildman–Crippen MR) is 62.1 cm³/mol. The van der Waals surface area contributed by atoms with Gasteiger partial charge in [-0.2, -0.15) is 0 Å². The number of rotatable bonds is 5. The molecule has 0 N–H and O–H groups in total. The van der Waals surface area contributed by atoms with Gasteiger partial charge in [0.2, 0.25) is 0 Å². The molecular formula is C14H12F2O2. The summed E-state index contributed by atoms with van der Waals surface area (Å²) in [6, 6.07) is 7.07. The van der Waals surface area contributed by atoms with Crippen LogP contribution in [0.25, 0.3) is 0 Å². The van der Waals surface area contributed by atoms with Gasteiger partial charge in [0.05, 0.1) is 6.26 Å². The summed E-state index contributed by atoms with van der Waals surface area (Å²) < 4.78 is 31.7. The SMILES string of the molecule is O=C(CCc1ccco1)Cc1c(F)cccc1F. The summed E-state index contributed by atoms with van der Waals surface area (Å²) in [5, 5.41) is 0. The van der Waals surface area contributed by atoms with Crippen LogP contribution < -0.4 is 0 Å². The smallest absolute Gasteiger partial charge is 0.137 e. The molecule has 18 heavy (non-hydrogen) atoms. The fourth-order valence-corrected chi connectivity index (χ4v) is 1.70. The Morgan fingerprint density at radius 1 is 1.11 bits per heavy atom. The summed E-state index contributed by atoms with van der Waals surface area (Å²) in [6.45, 7) is 0. The lowest BCUT2D eigenvalue weighted by Crippen LogP contribution is -2.07. The lowest BCUT2D eigenvalue weighted by atomic mass is 10.0. The van der Waals surface area contributed by atoms with Gasteiger partial charge in [0.1, 0.15) is 23.2 Å². The van der Waals surface area contributed by atoms with E-state index >= 15 is 0 Å². The topological polar surface area (TPSA) is 30.2 Å². The third-order valence-electron chi connectivity index (χ3n) is 2.67. The lowest BCUT2D eigenvalue weighted by Gasteiger charge is -2.03. The number of halogens is 2. The molecule has 0 unspecified atom stereocenters. The van der Waals surface area contributed by atoms with Gasteiger partial charge in [-0.3, -0.25) is 4.79 Å². The van der Waals surface area contributed by atoms with Crippen molar-refractivity contribution in [3.05, 3.63) is 59.6 Å². The summed E-state index contributed by atoms with van der Waals surface area (Å²) in [4.78, 5) is 11.6. The third kappa shape index (κ3) is 3.03. The van der Waals surface area contributed by atoms with Crippen molar-refractivity contribution in [2.75, 3.05) is 0 Å². The molecule has 0 atom stereocenters. The second kappa shape index (κ2) is 5.58. The number of aryl methyl sites for hydroxylation is 1. The van der Waals surface area contributed by atoms with E-state index in [1.165, 1.54) is 12.3 Å². The summed E-state index contributed by atoms with van der Waals surface area (Å²) >= 11 is 0. The zero-order valence-electron chi connectivity index (χ0n) is 9.66. The van der Waals surface area contributed by atoms with Gasteiger partial charge < -0.3 is 4.42 Å². The molecule has 1 aromatic heterocycles. The average molecular weight is 250 g/mol. The van der Waals surface area contributed by atoms with Gasteiger partial charge in [0.15, 0.2) is 0 Å². The quantitative estimate of drug-likeness (QED) is 0.815. The predicted octanol–water partition coefficient (Wildman–Crippen LogP) is 3.30. The third-order valence-corrected chi connectivity index (χ3v) is 2.67. The Morgan fingerprint density at radius 2 is 1.83 bits per heavy atom. The van der Waals surface area contributed by atoms with Gasteiger partial charge in [-0.15, -0.1) is 0 Å². The molecular weight excluding hydrogens is 238 g/mol. The molecule has 0 aliphatic rings. The van der Waals surface area contributed by atoms with Gasteiger partial charge in [-0.05, 0) is 24.3 Å². The number of Topliss-reactive ketones (excluding diaryl/α,β-unsaturated/α-hetero) is 1. The highest BCUT2D eigenvalue weighted by Gasteiger charge is 2.13. The minimum Gasteiger partial charge on any atom is -0.469 e. The first-order valence-electron chi connectivity index (χ1n) is 5.64. The van der Waals surface area contributed by atoms with E-state index in [0.717, 1.165) is 12.1 Å². The molecule has 0 aliphatic heterocycles. The van der Waals surface area contributed by atoms with E-state index in [4.69, 9.17) is 4.42 Å². The van der Waals surface area contributed by atoms with E-state index in [-0.39, 0.29) is 24.2 Å². The van der Waals surface area contributed by atoms with Gasteiger partial charge in [0.25, 0.3) is 0 Å². The zero-order valence-corrected chi connectivity index (χ0v) is 9.66. The molecule has 0 amide bonds. The molecule has 0 aliphatic carbocycles. The molecule has 0 saturated carbocycles. The summed E-state index contributed by atoms with van der Waals surface area (Å²) in [6.07, 6.45) is 1.96. The molecule has 2 rings (SSSR count). The van der Waals surface area contributed by atoms with Crippen LogP contribution in [0.1, 0.15) is 17.7 Å². The molecule has 1 heterocycles. The monoisotopic (exact) mass is 250 g/mol. The van der Waals surface area contributed by atoms with Crippen LogP contribution in [0.2, 0.25) is 0 Å². The van der Waals surface area contributed by atoms with E-state index < -0.39 is 11.6 Å². The highest BCUT2D eigenvalue weighted by atomic mass is 19.1. The largest absolute Gasteiger partial charge is 0.469 e. The fraction of sp³-hybridized carbons (Fsp3) is 0.214. The highest BCUT2D eigenvalue weighted by Crippen LogP contribution is 2.14. The van der Waals surface area contributed by atoms with Gasteiger partial charge in [-0.25, -0.2) is 8.78 Å². The Kier molecular flexibility index (Phi) is 3.87. The highest BCUT2D eigenvalue weighted by molar-refractivity contribution is 5.81. The molecule has 2 nitrogen and oxygen atoms in total. The molecule has 0 saturated heterocycles. The van der Waals surface area contributed by atoms with Crippen LogP contribution in [0, 0.1) is 11.6 Å². The van der Waals surface area contributed by atoms with Crippen LogP contribution in [0.5, 0.6) is 0 Å². The first kappa shape index (κ1) is 12.5. The molecule has 0 fully saturated rings. The van der Waals surface area contributed by atoms with Crippen LogP contribution in [0.4, 0.5) is 8.78 Å². The molecule has 0 radical (unpaired) electrons. The number of hydrogen-bond acceptors (Lipinski definition) is 2. The summed E-state index contributed by atoms with van der Waals surface area (Å²) in [5.41, 5.74) is -0.165. The standard InChI is InChI=1S/C14H12F2O2/c15-13-4-1-5-14(16)12(13)9-10(17)6-7-11-3-2-8-18-11/h1-5,8H,6-7,9H2. The van der Waals surface area contributed by atoms with Crippen molar-refractivity contribution >= 4 is 5.78 Å². The van der Waals surface area contributed by atoms with Gasteiger partial charge in [0, 0.05) is 24.8 Å². The van der Waals surface area contributed by atoms with Crippen molar-refractivity contribution < 1.29 is 18.0 Å². The fourth-order valence-electron chi connectivity index (χ4n) is 1.70. The van der Waals surface area contributed by atoms with E-state index in [1.807, 2.05) is 0 Å². The Hall–Kier alpha value is -1.97. The van der Waals surface area contributed by atoms with Crippen molar-refractivity contribution in [1.82, 2.24) is 0 Å². The van der Waals surface area contributed by atoms with Crippen molar-refractivity contribution in [2.45, 2.75) is 19.3 Å². The van der Waals surface area contributed by atoms with Crippen LogP contribution in [-0.4, -0.2) is 5.78 Å². The summed E-state index contributed by atoms with van der Waals surface area (Å²) in [5.74, 6) is -0.879. The number of carbonyl (C=O) groups is 1. The van der Waals surface area contributed by atoms with E-state index in [9.17, 15) is 13.6 Å². The average Bonchev–Trinajstić information content (AvgIpc) is 2.84. The molecule has 1 aromatic carbocycles. The van der Waals surface area contributed by atoms with E-state index in [1.54, 1.807) is 12.1 Å². The van der Waals surface area contributed by atoms with Gasteiger partial charge >= 0.3 is 0 Å². The maximum Gasteiger partial charge on any atom is 0.137 e. The zero-order chi connectivity index (χ0) is 13.0. The van der Waals surface area contributed by atoms with Crippen LogP contribution in [-0.2, 0) is 17.6 Å². The molecule has 0 spiro atoms. The van der Waals surface area contributed by atoms with E-state index in [2.05, 4.69) is 0 Å². The molecule has 94 valence electrons. The minimum absolute atomic E-state index is 0.165. The van der Waals surface area contributed by atoms with Gasteiger partial charge in [-0.1, -0.05) is 6.07 Å². The Labute approximate surface area is 103 Å². The van der Waals surface area contributed by atoms with Crippen LogP contribution in [0.15, 0.2) is 41.0 Å². The van der Waals surface area contributed by atoms with Crippen molar-refractivity contribution in [2.24, 2.45) is 0 Å². The second-order valence-corrected chi connectivity index (χ2v) is 4.00. The van der Waals surface area contributed by atoms with Crippen LogP contribution >= 0.6 is 0 Å².